The summed E-state index contributed by atoms with van der Waals surface area (Å²) in [5.41, 5.74) is 1.66. The second-order valence-electron chi connectivity index (χ2n) is 7.44. The van der Waals surface area contributed by atoms with Crippen molar-refractivity contribution in [3.8, 4) is 27.7 Å². The number of carbonyl (C=O) groups is 1. The van der Waals surface area contributed by atoms with Crippen LogP contribution in [0.3, 0.4) is 0 Å². The number of benzene rings is 2. The van der Waals surface area contributed by atoms with Crippen molar-refractivity contribution in [1.82, 2.24) is 0 Å². The summed E-state index contributed by atoms with van der Waals surface area (Å²) >= 11 is 5.20. The summed E-state index contributed by atoms with van der Waals surface area (Å²) in [4.78, 5) is 12.3. The van der Waals surface area contributed by atoms with Crippen molar-refractivity contribution < 1.29 is 24.1 Å². The molecule has 0 aliphatic rings. The number of methoxy groups -OCH3 is 1. The molecule has 174 valence electrons. The van der Waals surface area contributed by atoms with Gasteiger partial charge in [0, 0.05) is 4.88 Å². The molecule has 1 atom stereocenters. The van der Waals surface area contributed by atoms with Gasteiger partial charge >= 0.3 is 5.97 Å². The van der Waals surface area contributed by atoms with Crippen molar-refractivity contribution in [2.24, 2.45) is 0 Å². The minimum Gasteiger partial charge on any atom is -0.493 e. The number of carboxylic acid groups (broad SMARTS) is 1. The van der Waals surface area contributed by atoms with Crippen LogP contribution in [0.2, 0.25) is 0 Å². The third-order valence-corrected chi connectivity index (χ3v) is 7.88. The Hall–Kier alpha value is -2.68. The van der Waals surface area contributed by atoms with E-state index < -0.39 is 5.97 Å². The first-order chi connectivity index (χ1) is 15.9. The average molecular weight is 503 g/mol. The van der Waals surface area contributed by atoms with Crippen LogP contribution in [0.4, 0.5) is 0 Å². The van der Waals surface area contributed by atoms with Gasteiger partial charge in [0.15, 0.2) is 11.5 Å². The van der Waals surface area contributed by atoms with Crippen LogP contribution in [0, 0.1) is 3.82 Å². The summed E-state index contributed by atoms with van der Waals surface area (Å²) in [5, 5.41) is 9.08. The van der Waals surface area contributed by atoms with Crippen LogP contribution in [-0.4, -0.2) is 30.9 Å². The molecule has 0 saturated carbocycles. The molecule has 0 bridgehead atoms. The van der Waals surface area contributed by atoms with Crippen molar-refractivity contribution in [3.63, 3.8) is 0 Å². The molecule has 8 heteroatoms. The van der Waals surface area contributed by atoms with E-state index in [0.717, 1.165) is 34.4 Å². The number of hydrogen-bond donors (Lipinski definition) is 1. The fourth-order valence-corrected chi connectivity index (χ4v) is 5.58. The highest BCUT2D eigenvalue weighted by Crippen LogP contribution is 2.32. The number of rotatable bonds is 12. The first kappa shape index (κ1) is 25.0. The number of aliphatic carboxylic acids is 1. The molecule has 1 N–H and O–H groups in total. The monoisotopic (exact) mass is 502 g/mol. The zero-order chi connectivity index (χ0) is 23.8. The smallest absolute Gasteiger partial charge is 0.335 e. The fourth-order valence-electron chi connectivity index (χ4n) is 3.18. The average Bonchev–Trinajstić information content (AvgIpc) is 3.25. The second kappa shape index (κ2) is 12.0. The zero-order valence-corrected chi connectivity index (χ0v) is 21.0. The molecular weight excluding hydrogens is 476 g/mol. The lowest BCUT2D eigenvalue weighted by molar-refractivity contribution is -0.130. The lowest BCUT2D eigenvalue weighted by atomic mass is 10.1. The zero-order valence-electron chi connectivity index (χ0n) is 18.5. The predicted octanol–water partition coefficient (Wildman–Crippen LogP) is 7.33. The Morgan fingerprint density at radius 3 is 2.48 bits per heavy atom. The molecule has 1 heterocycles. The van der Waals surface area contributed by atoms with E-state index in [4.69, 9.17) is 31.5 Å². The van der Waals surface area contributed by atoms with E-state index in [0.29, 0.717) is 23.7 Å². The quantitative estimate of drug-likeness (QED) is 0.121. The van der Waals surface area contributed by atoms with E-state index in [1.54, 1.807) is 38.9 Å². The van der Waals surface area contributed by atoms with Gasteiger partial charge in [-0.3, -0.25) is 0 Å². The molecule has 3 aromatic rings. The molecule has 3 rings (SSSR count). The summed E-state index contributed by atoms with van der Waals surface area (Å²) in [6.45, 7) is 6.17. The summed E-state index contributed by atoms with van der Waals surface area (Å²) in [7, 11) is 4.83. The first-order valence-corrected chi connectivity index (χ1v) is 13.0. The maximum Gasteiger partial charge on any atom is 0.335 e. The highest BCUT2D eigenvalue weighted by atomic mass is 32.9. The number of carboxylic acids is 1. The van der Waals surface area contributed by atoms with Gasteiger partial charge in [0.25, 0.3) is 0 Å². The molecule has 0 spiro atoms. The van der Waals surface area contributed by atoms with Gasteiger partial charge in [-0.1, -0.05) is 45.5 Å². The van der Waals surface area contributed by atoms with Crippen LogP contribution in [0.5, 0.6) is 17.2 Å². The molecular formula is C25H26O5S3. The molecule has 0 amide bonds. The van der Waals surface area contributed by atoms with E-state index in [1.807, 2.05) is 18.2 Å². The van der Waals surface area contributed by atoms with Crippen molar-refractivity contribution in [1.29, 1.82) is 0 Å². The van der Waals surface area contributed by atoms with Crippen molar-refractivity contribution >= 4 is 44.4 Å². The predicted molar refractivity (Wildman–Crippen MR) is 138 cm³/mol. The molecule has 0 fully saturated rings. The number of ether oxygens (including phenoxy) is 3. The maximum absolute atomic E-state index is 11.1. The Bertz CT molecular complexity index is 1150. The van der Waals surface area contributed by atoms with Gasteiger partial charge in [-0.05, 0) is 79.8 Å². The van der Waals surface area contributed by atoms with Gasteiger partial charge in [-0.2, -0.15) is 0 Å². The normalized spacial score (nSPS) is 11.6. The van der Waals surface area contributed by atoms with Gasteiger partial charge < -0.3 is 19.3 Å². The highest BCUT2D eigenvalue weighted by Gasteiger charge is 2.12. The molecule has 0 aliphatic heterocycles. The van der Waals surface area contributed by atoms with Crippen LogP contribution in [0.15, 0.2) is 55.1 Å². The third-order valence-electron chi connectivity index (χ3n) is 4.97. The van der Waals surface area contributed by atoms with Gasteiger partial charge in [0.2, 0.25) is 0 Å². The van der Waals surface area contributed by atoms with Crippen LogP contribution < -0.4 is 14.2 Å². The van der Waals surface area contributed by atoms with Gasteiger partial charge in [0.1, 0.15) is 9.57 Å². The molecule has 33 heavy (non-hydrogen) atoms. The Morgan fingerprint density at radius 2 is 1.85 bits per heavy atom. The van der Waals surface area contributed by atoms with Gasteiger partial charge in [-0.15, -0.1) is 0 Å². The Balaban J connectivity index is 1.41. The highest BCUT2D eigenvalue weighted by molar-refractivity contribution is 7.80. The van der Waals surface area contributed by atoms with Crippen LogP contribution in [0.25, 0.3) is 16.0 Å². The summed E-state index contributed by atoms with van der Waals surface area (Å²) in [6.07, 6.45) is 2.82. The minimum atomic E-state index is -1.06. The molecule has 0 aliphatic carbocycles. The van der Waals surface area contributed by atoms with Crippen molar-refractivity contribution in [2.75, 3.05) is 13.7 Å². The molecule has 0 saturated heterocycles. The van der Waals surface area contributed by atoms with E-state index in [1.165, 1.54) is 12.0 Å². The van der Waals surface area contributed by atoms with Crippen molar-refractivity contribution in [3.05, 3.63) is 64.5 Å². The first-order valence-electron chi connectivity index (χ1n) is 10.5. The minimum absolute atomic E-state index is 0.0149. The summed E-state index contributed by atoms with van der Waals surface area (Å²) < 4.78 is 18.1. The SMILES string of the molecule is C=C(C(=O)O)c1ccc(OCCCCC(C)Oc2ccc(-c3cc(=S)ss3)cc2)c(OC)c1. The van der Waals surface area contributed by atoms with Gasteiger partial charge in [-0.25, -0.2) is 4.79 Å². The van der Waals surface area contributed by atoms with E-state index in [9.17, 15) is 4.79 Å². The fraction of sp³-hybridized carbons (Fsp3) is 0.280. The van der Waals surface area contributed by atoms with Crippen LogP contribution in [-0.2, 0) is 4.79 Å². The third kappa shape index (κ3) is 7.15. The molecule has 1 unspecified atom stereocenters. The number of hydrogen-bond acceptors (Lipinski definition) is 7. The molecule has 0 radical (unpaired) electrons. The standard InChI is InChI=1S/C25H26O5S3/c1-16(30-20-10-7-18(8-11-20)23-15-24(31)33-32-23)6-4-5-13-29-21-12-9-19(14-22(21)28-3)17(2)25(26)27/h7-12,14-16H,2,4-6,13H2,1,3H3,(H,26,27). The van der Waals surface area contributed by atoms with Crippen LogP contribution >= 0.6 is 32.9 Å². The van der Waals surface area contributed by atoms with Crippen molar-refractivity contribution in [2.45, 2.75) is 32.3 Å². The Kier molecular flexibility index (Phi) is 9.05. The largest absolute Gasteiger partial charge is 0.493 e. The van der Waals surface area contributed by atoms with E-state index >= 15 is 0 Å². The van der Waals surface area contributed by atoms with Crippen LogP contribution in [0.1, 0.15) is 31.7 Å². The lowest BCUT2D eigenvalue weighted by Crippen LogP contribution is -2.12. The Morgan fingerprint density at radius 1 is 1.09 bits per heavy atom. The second-order valence-corrected chi connectivity index (χ2v) is 10.4. The van der Waals surface area contributed by atoms with E-state index in [-0.39, 0.29) is 11.7 Å². The number of unbranched alkanes of at least 4 members (excludes halogenated alkanes) is 1. The summed E-state index contributed by atoms with van der Waals surface area (Å²) in [6, 6.07) is 15.2. The topological polar surface area (TPSA) is 65.0 Å². The maximum atomic E-state index is 11.1. The molecule has 5 nitrogen and oxygen atoms in total. The summed E-state index contributed by atoms with van der Waals surface area (Å²) in [5.74, 6) is 0.863. The van der Waals surface area contributed by atoms with E-state index in [2.05, 4.69) is 25.6 Å². The molecule has 1 aromatic heterocycles. The molecule has 2 aromatic carbocycles. The lowest BCUT2D eigenvalue weighted by Gasteiger charge is -2.15. The Labute approximate surface area is 206 Å². The van der Waals surface area contributed by atoms with Gasteiger partial charge in [0.05, 0.1) is 25.4 Å².